The van der Waals surface area contributed by atoms with Crippen LogP contribution in [0.2, 0.25) is 5.04 Å². The van der Waals surface area contributed by atoms with Gasteiger partial charge in [-0.25, -0.2) is 8.42 Å². The van der Waals surface area contributed by atoms with Crippen molar-refractivity contribution in [2.24, 2.45) is 0 Å². The molecular formula is C28H35F3N2O3SSi. The fourth-order valence-electron chi connectivity index (χ4n) is 4.32. The van der Waals surface area contributed by atoms with E-state index in [0.29, 0.717) is 19.4 Å². The average molecular weight is 565 g/mol. The molecule has 0 fully saturated rings. The molecule has 38 heavy (non-hydrogen) atoms. The lowest BCUT2D eigenvalue weighted by atomic mass is 10.2. The van der Waals surface area contributed by atoms with Gasteiger partial charge < -0.3 is 4.43 Å². The number of hydrogen-bond donors (Lipinski definition) is 0. The van der Waals surface area contributed by atoms with E-state index in [1.807, 2.05) is 48.6 Å². The Bertz CT molecular complexity index is 1180. The summed E-state index contributed by atoms with van der Waals surface area (Å²) in [5, 5.41) is 10.9. The van der Waals surface area contributed by atoms with Gasteiger partial charge in [0.15, 0.2) is 0 Å². The maximum Gasteiger partial charge on any atom is 0.511 e. The Labute approximate surface area is 225 Å². The van der Waals surface area contributed by atoms with Crippen LogP contribution in [0.1, 0.15) is 40.0 Å². The lowest BCUT2D eigenvalue weighted by Crippen LogP contribution is -2.66. The second-order valence-corrected chi connectivity index (χ2v) is 16.2. The average Bonchev–Trinajstić information content (AvgIpc) is 2.85. The van der Waals surface area contributed by atoms with E-state index in [0.717, 1.165) is 15.9 Å². The molecule has 0 saturated carbocycles. The first-order valence-corrected chi connectivity index (χ1v) is 15.6. The molecule has 0 aliphatic carbocycles. The van der Waals surface area contributed by atoms with Crippen LogP contribution >= 0.6 is 0 Å². The highest BCUT2D eigenvalue weighted by Crippen LogP contribution is 2.37. The summed E-state index contributed by atoms with van der Waals surface area (Å²) in [5.41, 5.74) is -4.67. The SMILES string of the molecule is C=C(/C=C/CCCCN(CC#N)S(=O)(=O)C(F)(F)F)CO[Si](c1ccccc1)(c1ccccc1)C(C)(C)C. The maximum absolute atomic E-state index is 12.8. The van der Waals surface area contributed by atoms with Gasteiger partial charge in [-0.05, 0) is 40.2 Å². The molecule has 2 rings (SSSR count). The zero-order valence-corrected chi connectivity index (χ0v) is 23.9. The molecule has 0 unspecified atom stereocenters. The van der Waals surface area contributed by atoms with Gasteiger partial charge in [0, 0.05) is 6.54 Å². The molecule has 0 atom stereocenters. The molecule has 0 N–H and O–H groups in total. The van der Waals surface area contributed by atoms with Crippen LogP contribution in [0.3, 0.4) is 0 Å². The molecule has 0 spiro atoms. The number of unbranched alkanes of at least 4 members (excludes halogenated alkanes) is 2. The molecule has 0 radical (unpaired) electrons. The van der Waals surface area contributed by atoms with Crippen molar-refractivity contribution in [1.82, 2.24) is 4.31 Å². The van der Waals surface area contributed by atoms with Crippen LogP contribution in [0.15, 0.2) is 85.0 Å². The topological polar surface area (TPSA) is 70.4 Å². The van der Waals surface area contributed by atoms with E-state index in [2.05, 4.69) is 51.6 Å². The summed E-state index contributed by atoms with van der Waals surface area (Å²) < 4.78 is 68.6. The third-order valence-corrected chi connectivity index (χ3v) is 12.7. The molecule has 0 bridgehead atoms. The molecule has 5 nitrogen and oxygen atoms in total. The first-order valence-electron chi connectivity index (χ1n) is 12.3. The Morgan fingerprint density at radius 2 is 1.55 bits per heavy atom. The Hall–Kier alpha value is -2.71. The van der Waals surface area contributed by atoms with Crippen LogP contribution in [0.4, 0.5) is 13.2 Å². The first kappa shape index (κ1) is 31.5. The highest BCUT2D eigenvalue weighted by atomic mass is 32.2. The summed E-state index contributed by atoms with van der Waals surface area (Å²) in [6.45, 7) is 9.78. The predicted molar refractivity (Wildman–Crippen MR) is 148 cm³/mol. The Kier molecular flexibility index (Phi) is 11.1. The third kappa shape index (κ3) is 7.66. The molecule has 206 valence electrons. The maximum atomic E-state index is 12.8. The van der Waals surface area contributed by atoms with Crippen LogP contribution < -0.4 is 10.4 Å². The Morgan fingerprint density at radius 1 is 1.03 bits per heavy atom. The minimum absolute atomic E-state index is 0.174. The highest BCUT2D eigenvalue weighted by molar-refractivity contribution is 7.90. The molecule has 0 aliphatic rings. The number of benzene rings is 2. The van der Waals surface area contributed by atoms with Gasteiger partial charge in [0.1, 0.15) is 6.54 Å². The van der Waals surface area contributed by atoms with Crippen LogP contribution in [0.5, 0.6) is 0 Å². The Morgan fingerprint density at radius 3 is 2.00 bits per heavy atom. The minimum Gasteiger partial charge on any atom is -0.403 e. The van der Waals surface area contributed by atoms with E-state index >= 15 is 0 Å². The van der Waals surface area contributed by atoms with Crippen LogP contribution in [-0.2, 0) is 14.4 Å². The lowest BCUT2D eigenvalue weighted by Gasteiger charge is -2.43. The van der Waals surface area contributed by atoms with Crippen LogP contribution in [0.25, 0.3) is 0 Å². The van der Waals surface area contributed by atoms with Crippen molar-refractivity contribution in [2.75, 3.05) is 19.7 Å². The molecule has 2 aromatic carbocycles. The van der Waals surface area contributed by atoms with Gasteiger partial charge in [0.05, 0.1) is 12.7 Å². The summed E-state index contributed by atoms with van der Waals surface area (Å²) in [7, 11) is -8.22. The smallest absolute Gasteiger partial charge is 0.403 e. The lowest BCUT2D eigenvalue weighted by molar-refractivity contribution is -0.0486. The number of allylic oxidation sites excluding steroid dienone is 1. The Balaban J connectivity index is 2.04. The van der Waals surface area contributed by atoms with Crippen LogP contribution in [-0.4, -0.2) is 46.2 Å². The third-order valence-electron chi connectivity index (χ3n) is 6.15. The van der Waals surface area contributed by atoms with Crippen molar-refractivity contribution in [3.8, 4) is 6.07 Å². The van der Waals surface area contributed by atoms with E-state index < -0.39 is 30.4 Å². The summed E-state index contributed by atoms with van der Waals surface area (Å²) in [4.78, 5) is 0. The van der Waals surface area contributed by atoms with Gasteiger partial charge in [-0.15, -0.1) is 0 Å². The number of rotatable bonds is 13. The van der Waals surface area contributed by atoms with E-state index in [4.69, 9.17) is 9.69 Å². The fraction of sp³-hybridized carbons (Fsp3) is 0.393. The van der Waals surface area contributed by atoms with Gasteiger partial charge in [-0.2, -0.15) is 22.7 Å². The monoisotopic (exact) mass is 564 g/mol. The molecule has 10 heteroatoms. The standard InChI is InChI=1S/C28H35F3N2O3SSi/c1-24(15-9-5-6-14-21-33(22-20-32)37(34,35)28(29,30)31)23-36-38(27(2,3)4,25-16-10-7-11-17-25)26-18-12-8-13-19-26/h7-13,15-19H,1,5-6,14,21-23H2,2-4H3/b15-9+. The summed E-state index contributed by atoms with van der Waals surface area (Å²) in [5.74, 6) is 0. The second kappa shape index (κ2) is 13.4. The quantitative estimate of drug-likeness (QED) is 0.139. The number of alkyl halides is 3. The van der Waals surface area contributed by atoms with Crippen molar-refractivity contribution in [2.45, 2.75) is 50.6 Å². The molecule has 0 aromatic heterocycles. The molecular weight excluding hydrogens is 529 g/mol. The molecule has 0 amide bonds. The summed E-state index contributed by atoms with van der Waals surface area (Å²) in [6.07, 6.45) is 4.84. The number of hydrogen-bond acceptors (Lipinski definition) is 4. The van der Waals surface area contributed by atoms with Gasteiger partial charge in [-0.1, -0.05) is 100 Å². The van der Waals surface area contributed by atoms with Crippen molar-refractivity contribution in [3.63, 3.8) is 0 Å². The highest BCUT2D eigenvalue weighted by Gasteiger charge is 2.50. The van der Waals surface area contributed by atoms with Crippen LogP contribution in [0, 0.1) is 11.3 Å². The zero-order valence-electron chi connectivity index (χ0n) is 22.0. The van der Waals surface area contributed by atoms with E-state index in [-0.39, 0.29) is 22.3 Å². The van der Waals surface area contributed by atoms with E-state index in [1.165, 1.54) is 6.07 Å². The molecule has 0 saturated heterocycles. The van der Waals surface area contributed by atoms with Crippen molar-refractivity contribution < 1.29 is 26.0 Å². The molecule has 2 aromatic rings. The number of sulfonamides is 1. The summed E-state index contributed by atoms with van der Waals surface area (Å²) >= 11 is 0. The van der Waals surface area contributed by atoms with Crippen molar-refractivity contribution >= 4 is 28.7 Å². The number of nitrogens with zero attached hydrogens (tertiary/aromatic N) is 2. The number of halogens is 3. The van der Waals surface area contributed by atoms with E-state index in [9.17, 15) is 21.6 Å². The van der Waals surface area contributed by atoms with Crippen molar-refractivity contribution in [1.29, 1.82) is 5.26 Å². The normalized spacial score (nSPS) is 13.1. The zero-order chi connectivity index (χ0) is 28.5. The van der Waals surface area contributed by atoms with E-state index in [1.54, 1.807) is 0 Å². The van der Waals surface area contributed by atoms with Gasteiger partial charge in [-0.3, -0.25) is 0 Å². The van der Waals surface area contributed by atoms with Gasteiger partial charge in [0.2, 0.25) is 0 Å². The minimum atomic E-state index is -5.52. The van der Waals surface area contributed by atoms with Crippen molar-refractivity contribution in [3.05, 3.63) is 85.0 Å². The summed E-state index contributed by atoms with van der Waals surface area (Å²) in [6, 6.07) is 21.9. The molecule has 0 heterocycles. The largest absolute Gasteiger partial charge is 0.511 e. The fourth-order valence-corrected chi connectivity index (χ4v) is 9.77. The predicted octanol–water partition coefficient (Wildman–Crippen LogP) is 5.52. The first-order chi connectivity index (χ1) is 17.8. The van der Waals surface area contributed by atoms with Gasteiger partial charge >= 0.3 is 15.5 Å². The number of nitriles is 1. The van der Waals surface area contributed by atoms with Gasteiger partial charge in [0.25, 0.3) is 8.32 Å². The molecule has 0 aliphatic heterocycles. The second-order valence-electron chi connectivity index (χ2n) is 9.95.